The Morgan fingerprint density at radius 2 is 2.16 bits per heavy atom. The zero-order valence-electron chi connectivity index (χ0n) is 11.0. The summed E-state index contributed by atoms with van der Waals surface area (Å²) in [6.07, 6.45) is 2.27. The maximum atomic E-state index is 13.8. The van der Waals surface area contributed by atoms with Crippen LogP contribution in [0.5, 0.6) is 0 Å². The molecule has 0 radical (unpaired) electrons. The molecule has 0 saturated heterocycles. The van der Waals surface area contributed by atoms with Gasteiger partial charge in [0.2, 0.25) is 0 Å². The zero-order chi connectivity index (χ0) is 13.8. The van der Waals surface area contributed by atoms with Crippen molar-refractivity contribution < 1.29 is 4.39 Å². The molecule has 2 nitrogen and oxygen atoms in total. The summed E-state index contributed by atoms with van der Waals surface area (Å²) in [7, 11) is 1.85. The molecule has 19 heavy (non-hydrogen) atoms. The molecule has 1 N–H and O–H groups in total. The van der Waals surface area contributed by atoms with E-state index in [1.54, 1.807) is 18.3 Å². The first kappa shape index (κ1) is 14.0. The SMILES string of the molecule is CNC(Cc1cc(Cl)ccc1F)c1ncccc1C. The van der Waals surface area contributed by atoms with Crippen LogP contribution in [0.15, 0.2) is 36.5 Å². The first-order chi connectivity index (χ1) is 9.11. The van der Waals surface area contributed by atoms with Crippen molar-refractivity contribution in [3.63, 3.8) is 0 Å². The number of aryl methyl sites for hydroxylation is 1. The fraction of sp³-hybridized carbons (Fsp3) is 0.267. The van der Waals surface area contributed by atoms with E-state index < -0.39 is 0 Å². The van der Waals surface area contributed by atoms with Gasteiger partial charge in [-0.05, 0) is 55.8 Å². The zero-order valence-corrected chi connectivity index (χ0v) is 11.7. The molecule has 0 aliphatic heterocycles. The molecular formula is C15H16ClFN2. The molecule has 1 heterocycles. The Bertz CT molecular complexity index is 572. The first-order valence-electron chi connectivity index (χ1n) is 6.14. The van der Waals surface area contributed by atoms with Gasteiger partial charge in [-0.3, -0.25) is 4.98 Å². The molecule has 0 bridgehead atoms. The quantitative estimate of drug-likeness (QED) is 0.923. The number of pyridine rings is 1. The molecule has 100 valence electrons. The van der Waals surface area contributed by atoms with E-state index in [9.17, 15) is 4.39 Å². The van der Waals surface area contributed by atoms with Gasteiger partial charge >= 0.3 is 0 Å². The van der Waals surface area contributed by atoms with Crippen LogP contribution < -0.4 is 5.32 Å². The molecule has 0 fully saturated rings. The predicted octanol–water partition coefficient (Wildman–Crippen LogP) is 3.69. The smallest absolute Gasteiger partial charge is 0.126 e. The Hall–Kier alpha value is -1.45. The average molecular weight is 279 g/mol. The average Bonchev–Trinajstić information content (AvgIpc) is 2.41. The van der Waals surface area contributed by atoms with E-state index in [1.165, 1.54) is 6.07 Å². The van der Waals surface area contributed by atoms with E-state index in [4.69, 9.17) is 11.6 Å². The van der Waals surface area contributed by atoms with E-state index >= 15 is 0 Å². The van der Waals surface area contributed by atoms with E-state index in [0.717, 1.165) is 11.3 Å². The molecule has 1 aromatic carbocycles. The number of hydrogen-bond acceptors (Lipinski definition) is 2. The molecule has 0 aliphatic carbocycles. The highest BCUT2D eigenvalue weighted by atomic mass is 35.5. The molecule has 0 saturated carbocycles. The third-order valence-corrected chi connectivity index (χ3v) is 3.40. The maximum Gasteiger partial charge on any atom is 0.126 e. The lowest BCUT2D eigenvalue weighted by Gasteiger charge is -2.18. The number of halogens is 2. The second-order valence-electron chi connectivity index (χ2n) is 4.49. The number of hydrogen-bond donors (Lipinski definition) is 1. The number of likely N-dealkylation sites (N-methyl/N-ethyl adjacent to an activating group) is 1. The monoisotopic (exact) mass is 278 g/mol. The normalized spacial score (nSPS) is 12.4. The number of aromatic nitrogens is 1. The Labute approximate surface area is 117 Å². The summed E-state index contributed by atoms with van der Waals surface area (Å²) in [5.74, 6) is -0.238. The van der Waals surface area contributed by atoms with Crippen molar-refractivity contribution in [1.29, 1.82) is 0 Å². The van der Waals surface area contributed by atoms with Gasteiger partial charge in [0.1, 0.15) is 5.82 Å². The molecule has 1 unspecified atom stereocenters. The highest BCUT2D eigenvalue weighted by Crippen LogP contribution is 2.23. The second kappa shape index (κ2) is 6.13. The van der Waals surface area contributed by atoms with Crippen LogP contribution in [0.25, 0.3) is 0 Å². The lowest BCUT2D eigenvalue weighted by Crippen LogP contribution is -2.21. The molecule has 2 rings (SSSR count). The predicted molar refractivity (Wildman–Crippen MR) is 75.9 cm³/mol. The Balaban J connectivity index is 2.29. The van der Waals surface area contributed by atoms with Crippen molar-refractivity contribution in [2.45, 2.75) is 19.4 Å². The van der Waals surface area contributed by atoms with Crippen molar-refractivity contribution in [1.82, 2.24) is 10.3 Å². The van der Waals surface area contributed by atoms with Crippen molar-refractivity contribution in [2.24, 2.45) is 0 Å². The first-order valence-corrected chi connectivity index (χ1v) is 6.52. The van der Waals surface area contributed by atoms with Crippen molar-refractivity contribution in [3.05, 3.63) is 64.2 Å². The minimum Gasteiger partial charge on any atom is -0.311 e. The summed E-state index contributed by atoms with van der Waals surface area (Å²) in [5.41, 5.74) is 2.62. The molecule has 0 amide bonds. The van der Waals surface area contributed by atoms with Gasteiger partial charge in [0.15, 0.2) is 0 Å². The van der Waals surface area contributed by atoms with Gasteiger partial charge in [0, 0.05) is 11.2 Å². The third kappa shape index (κ3) is 3.31. The highest BCUT2D eigenvalue weighted by molar-refractivity contribution is 6.30. The van der Waals surface area contributed by atoms with E-state index in [1.807, 2.05) is 26.1 Å². The van der Waals surface area contributed by atoms with Crippen LogP contribution >= 0.6 is 11.6 Å². The summed E-state index contributed by atoms with van der Waals surface area (Å²) in [5, 5.41) is 3.73. The topological polar surface area (TPSA) is 24.9 Å². The summed E-state index contributed by atoms with van der Waals surface area (Å²) >= 11 is 5.92. The largest absolute Gasteiger partial charge is 0.311 e. The molecule has 1 atom stereocenters. The van der Waals surface area contributed by atoms with Crippen LogP contribution in [0, 0.1) is 12.7 Å². The molecular weight excluding hydrogens is 263 g/mol. The van der Waals surface area contributed by atoms with Crippen LogP contribution in [0.1, 0.15) is 22.9 Å². The van der Waals surface area contributed by atoms with Gasteiger partial charge in [0.25, 0.3) is 0 Å². The second-order valence-corrected chi connectivity index (χ2v) is 4.92. The van der Waals surface area contributed by atoms with Gasteiger partial charge in [-0.15, -0.1) is 0 Å². The standard InChI is InChI=1S/C15H16ClFN2/c1-10-4-3-7-19-15(10)14(18-2)9-11-8-12(16)5-6-13(11)17/h3-8,14,18H,9H2,1-2H3. The highest BCUT2D eigenvalue weighted by Gasteiger charge is 2.16. The van der Waals surface area contributed by atoms with Crippen LogP contribution in [0.4, 0.5) is 4.39 Å². The Morgan fingerprint density at radius 1 is 1.37 bits per heavy atom. The van der Waals surface area contributed by atoms with Gasteiger partial charge < -0.3 is 5.32 Å². The van der Waals surface area contributed by atoms with Crippen molar-refractivity contribution in [2.75, 3.05) is 7.05 Å². The van der Waals surface area contributed by atoms with Crippen molar-refractivity contribution in [3.8, 4) is 0 Å². The fourth-order valence-electron chi connectivity index (χ4n) is 2.12. The molecule has 1 aromatic heterocycles. The molecule has 2 aromatic rings. The van der Waals surface area contributed by atoms with Crippen LogP contribution in [0.2, 0.25) is 5.02 Å². The number of nitrogens with one attached hydrogen (secondary N) is 1. The Kier molecular flexibility index (Phi) is 4.51. The minimum absolute atomic E-state index is 0.0332. The van der Waals surface area contributed by atoms with Crippen LogP contribution in [-0.4, -0.2) is 12.0 Å². The fourth-order valence-corrected chi connectivity index (χ4v) is 2.31. The summed E-state index contributed by atoms with van der Waals surface area (Å²) in [6.45, 7) is 2.00. The van der Waals surface area contributed by atoms with Gasteiger partial charge in [-0.25, -0.2) is 4.39 Å². The minimum atomic E-state index is -0.238. The Morgan fingerprint density at radius 3 is 2.84 bits per heavy atom. The van der Waals surface area contributed by atoms with E-state index in [-0.39, 0.29) is 11.9 Å². The third-order valence-electron chi connectivity index (χ3n) is 3.16. The molecule has 0 aliphatic rings. The molecule has 0 spiro atoms. The van der Waals surface area contributed by atoms with Crippen molar-refractivity contribution >= 4 is 11.6 Å². The van der Waals surface area contributed by atoms with Gasteiger partial charge in [-0.2, -0.15) is 0 Å². The van der Waals surface area contributed by atoms with Gasteiger partial charge in [0.05, 0.1) is 11.7 Å². The number of nitrogens with zero attached hydrogens (tertiary/aromatic N) is 1. The van der Waals surface area contributed by atoms with Gasteiger partial charge in [-0.1, -0.05) is 17.7 Å². The maximum absolute atomic E-state index is 13.8. The van der Waals surface area contributed by atoms with E-state index in [0.29, 0.717) is 17.0 Å². The summed E-state index contributed by atoms with van der Waals surface area (Å²) < 4.78 is 13.8. The number of rotatable bonds is 4. The van der Waals surface area contributed by atoms with Crippen LogP contribution in [0.3, 0.4) is 0 Å². The molecule has 4 heteroatoms. The lowest BCUT2D eigenvalue weighted by atomic mass is 10.00. The van der Waals surface area contributed by atoms with Crippen LogP contribution in [-0.2, 0) is 6.42 Å². The number of benzene rings is 1. The summed E-state index contributed by atoms with van der Waals surface area (Å²) in [4.78, 5) is 4.38. The lowest BCUT2D eigenvalue weighted by molar-refractivity contribution is 0.542. The van der Waals surface area contributed by atoms with E-state index in [2.05, 4.69) is 10.3 Å². The summed E-state index contributed by atoms with van der Waals surface area (Å²) in [6, 6.07) is 8.48.